The van der Waals surface area contributed by atoms with Gasteiger partial charge >= 0.3 is 0 Å². The van der Waals surface area contributed by atoms with Gasteiger partial charge in [0.05, 0.1) is 6.20 Å². The Morgan fingerprint density at radius 2 is 2.07 bits per heavy atom. The fourth-order valence-corrected chi connectivity index (χ4v) is 1.43. The molecular weight excluding hydrogens is 172 g/mol. The van der Waals surface area contributed by atoms with Crippen LogP contribution in [0.4, 0.5) is 0 Å². The molecule has 0 bridgehead atoms. The second-order valence-corrected chi connectivity index (χ2v) is 5.12. The third-order valence-corrected chi connectivity index (χ3v) is 2.82. The fourth-order valence-electron chi connectivity index (χ4n) is 1.43. The standard InChI is InChI=1S/C12H22N2/c1-6-12(4,5)7-11-8-13-14(9-11)10(2)3/h8-10H,6-7H2,1-5H3. The third-order valence-electron chi connectivity index (χ3n) is 2.82. The highest BCUT2D eigenvalue weighted by Gasteiger charge is 2.16. The summed E-state index contributed by atoms with van der Waals surface area (Å²) in [6, 6.07) is 0.466. The monoisotopic (exact) mass is 194 g/mol. The summed E-state index contributed by atoms with van der Waals surface area (Å²) in [6.07, 6.45) is 6.50. The maximum atomic E-state index is 4.35. The van der Waals surface area contributed by atoms with Crippen LogP contribution in [0.15, 0.2) is 12.4 Å². The molecule has 0 unspecified atom stereocenters. The van der Waals surface area contributed by atoms with E-state index in [1.54, 1.807) is 0 Å². The molecule has 0 amide bonds. The zero-order chi connectivity index (χ0) is 10.8. The van der Waals surface area contributed by atoms with Crippen LogP contribution in [0, 0.1) is 5.41 Å². The largest absolute Gasteiger partial charge is 0.270 e. The van der Waals surface area contributed by atoms with E-state index in [2.05, 4.69) is 45.9 Å². The lowest BCUT2D eigenvalue weighted by molar-refractivity contribution is 0.349. The van der Waals surface area contributed by atoms with Crippen molar-refractivity contribution in [3.8, 4) is 0 Å². The van der Waals surface area contributed by atoms with Gasteiger partial charge in [-0.25, -0.2) is 0 Å². The van der Waals surface area contributed by atoms with Gasteiger partial charge in [-0.3, -0.25) is 4.68 Å². The molecular formula is C12H22N2. The van der Waals surface area contributed by atoms with Crippen LogP contribution in [-0.4, -0.2) is 9.78 Å². The van der Waals surface area contributed by atoms with Crippen LogP contribution >= 0.6 is 0 Å². The molecule has 0 aromatic carbocycles. The Kier molecular flexibility index (Phi) is 3.35. The molecule has 2 nitrogen and oxygen atoms in total. The SMILES string of the molecule is CCC(C)(C)Cc1cnn(C(C)C)c1. The summed E-state index contributed by atoms with van der Waals surface area (Å²) in [5.41, 5.74) is 1.75. The molecule has 1 aromatic rings. The van der Waals surface area contributed by atoms with Crippen LogP contribution in [0.5, 0.6) is 0 Å². The van der Waals surface area contributed by atoms with Crippen molar-refractivity contribution in [1.82, 2.24) is 9.78 Å². The first kappa shape index (κ1) is 11.3. The van der Waals surface area contributed by atoms with Crippen molar-refractivity contribution in [2.75, 3.05) is 0 Å². The normalized spacial score (nSPS) is 12.4. The van der Waals surface area contributed by atoms with Crippen molar-refractivity contribution in [2.45, 2.75) is 53.5 Å². The zero-order valence-electron chi connectivity index (χ0n) is 10.0. The Morgan fingerprint density at radius 1 is 1.43 bits per heavy atom. The van der Waals surface area contributed by atoms with Crippen LogP contribution in [-0.2, 0) is 6.42 Å². The average molecular weight is 194 g/mol. The summed E-state index contributed by atoms with van der Waals surface area (Å²) in [5, 5.41) is 4.35. The van der Waals surface area contributed by atoms with E-state index in [-0.39, 0.29) is 0 Å². The molecule has 80 valence electrons. The number of rotatable bonds is 4. The number of aromatic nitrogens is 2. The van der Waals surface area contributed by atoms with Crippen LogP contribution in [0.25, 0.3) is 0 Å². The van der Waals surface area contributed by atoms with Crippen LogP contribution in [0.1, 0.15) is 52.6 Å². The smallest absolute Gasteiger partial charge is 0.0522 e. The van der Waals surface area contributed by atoms with Gasteiger partial charge in [0, 0.05) is 12.2 Å². The Hall–Kier alpha value is -0.790. The van der Waals surface area contributed by atoms with E-state index in [9.17, 15) is 0 Å². The Morgan fingerprint density at radius 3 is 2.50 bits per heavy atom. The molecule has 0 radical (unpaired) electrons. The van der Waals surface area contributed by atoms with Gasteiger partial charge < -0.3 is 0 Å². The summed E-state index contributed by atoms with van der Waals surface area (Å²) in [5.74, 6) is 0. The van der Waals surface area contributed by atoms with Gasteiger partial charge in [0.15, 0.2) is 0 Å². The van der Waals surface area contributed by atoms with Crippen molar-refractivity contribution in [1.29, 1.82) is 0 Å². The van der Waals surface area contributed by atoms with E-state index in [1.165, 1.54) is 12.0 Å². The fraction of sp³-hybridized carbons (Fsp3) is 0.750. The summed E-state index contributed by atoms with van der Waals surface area (Å²) in [7, 11) is 0. The molecule has 0 saturated heterocycles. The first-order chi connectivity index (χ1) is 6.44. The van der Waals surface area contributed by atoms with Crippen molar-refractivity contribution < 1.29 is 0 Å². The average Bonchev–Trinajstić information content (AvgIpc) is 2.52. The number of nitrogens with zero attached hydrogens (tertiary/aromatic N) is 2. The van der Waals surface area contributed by atoms with Crippen molar-refractivity contribution >= 4 is 0 Å². The highest BCUT2D eigenvalue weighted by Crippen LogP contribution is 2.25. The Bertz CT molecular complexity index is 284. The predicted octanol–water partition coefficient (Wildman–Crippen LogP) is 3.44. The molecule has 0 fully saturated rings. The second kappa shape index (κ2) is 4.16. The summed E-state index contributed by atoms with van der Waals surface area (Å²) in [4.78, 5) is 0. The van der Waals surface area contributed by atoms with E-state index in [0.29, 0.717) is 11.5 Å². The summed E-state index contributed by atoms with van der Waals surface area (Å²) < 4.78 is 2.03. The lowest BCUT2D eigenvalue weighted by Gasteiger charge is -2.21. The van der Waals surface area contributed by atoms with Gasteiger partial charge in [0.25, 0.3) is 0 Å². The molecule has 1 rings (SSSR count). The van der Waals surface area contributed by atoms with Gasteiger partial charge in [-0.05, 0) is 31.2 Å². The molecule has 0 aliphatic rings. The predicted molar refractivity (Wildman–Crippen MR) is 60.4 cm³/mol. The van der Waals surface area contributed by atoms with Crippen molar-refractivity contribution in [3.05, 3.63) is 18.0 Å². The molecule has 0 atom stereocenters. The second-order valence-electron chi connectivity index (χ2n) is 5.12. The molecule has 1 aromatic heterocycles. The third kappa shape index (κ3) is 2.86. The minimum Gasteiger partial charge on any atom is -0.270 e. The molecule has 0 N–H and O–H groups in total. The summed E-state index contributed by atoms with van der Waals surface area (Å²) in [6.45, 7) is 11.2. The Balaban J connectivity index is 2.69. The molecule has 0 aliphatic carbocycles. The minimum absolute atomic E-state index is 0.394. The first-order valence-electron chi connectivity index (χ1n) is 5.47. The molecule has 1 heterocycles. The Labute approximate surface area is 87.3 Å². The highest BCUT2D eigenvalue weighted by atomic mass is 15.3. The van der Waals surface area contributed by atoms with Crippen molar-refractivity contribution in [3.63, 3.8) is 0 Å². The molecule has 2 heteroatoms. The van der Waals surface area contributed by atoms with Crippen LogP contribution in [0.3, 0.4) is 0 Å². The van der Waals surface area contributed by atoms with Gasteiger partial charge in [0.1, 0.15) is 0 Å². The number of hydrogen-bond donors (Lipinski definition) is 0. The lowest BCUT2D eigenvalue weighted by atomic mass is 9.84. The first-order valence-corrected chi connectivity index (χ1v) is 5.47. The minimum atomic E-state index is 0.394. The quantitative estimate of drug-likeness (QED) is 0.718. The van der Waals surface area contributed by atoms with E-state index >= 15 is 0 Å². The molecule has 14 heavy (non-hydrogen) atoms. The molecule has 0 spiro atoms. The molecule has 0 aliphatic heterocycles. The van der Waals surface area contributed by atoms with Crippen molar-refractivity contribution in [2.24, 2.45) is 5.41 Å². The maximum absolute atomic E-state index is 4.35. The van der Waals surface area contributed by atoms with Crippen LogP contribution < -0.4 is 0 Å². The highest BCUT2D eigenvalue weighted by molar-refractivity contribution is 5.06. The zero-order valence-corrected chi connectivity index (χ0v) is 10.0. The molecule has 0 saturated carbocycles. The van der Waals surface area contributed by atoms with E-state index in [0.717, 1.165) is 6.42 Å². The lowest BCUT2D eigenvalue weighted by Crippen LogP contribution is -2.12. The van der Waals surface area contributed by atoms with E-state index in [4.69, 9.17) is 0 Å². The summed E-state index contributed by atoms with van der Waals surface area (Å²) >= 11 is 0. The van der Waals surface area contributed by atoms with Gasteiger partial charge in [-0.15, -0.1) is 0 Å². The van der Waals surface area contributed by atoms with E-state index < -0.39 is 0 Å². The maximum Gasteiger partial charge on any atom is 0.0522 e. The van der Waals surface area contributed by atoms with E-state index in [1.807, 2.05) is 10.9 Å². The van der Waals surface area contributed by atoms with Gasteiger partial charge in [-0.1, -0.05) is 27.2 Å². The number of hydrogen-bond acceptors (Lipinski definition) is 1. The van der Waals surface area contributed by atoms with Crippen LogP contribution in [0.2, 0.25) is 0 Å². The topological polar surface area (TPSA) is 17.8 Å². The van der Waals surface area contributed by atoms with Gasteiger partial charge in [0.2, 0.25) is 0 Å². The van der Waals surface area contributed by atoms with Gasteiger partial charge in [-0.2, -0.15) is 5.10 Å².